The van der Waals surface area contributed by atoms with E-state index in [0.29, 0.717) is 13.0 Å². The first-order valence-corrected chi connectivity index (χ1v) is 6.81. The number of hydrogen-bond acceptors (Lipinski definition) is 3. The summed E-state index contributed by atoms with van der Waals surface area (Å²) in [5, 5.41) is 19.9. The lowest BCUT2D eigenvalue weighted by molar-refractivity contribution is 0.0201. The minimum atomic E-state index is -0.620. The molecule has 0 saturated heterocycles. The first-order chi connectivity index (χ1) is 9.77. The molecule has 2 aromatic rings. The number of ether oxygens (including phenoxy) is 1. The zero-order chi connectivity index (χ0) is 14.2. The first-order valence-electron chi connectivity index (χ1n) is 6.81. The van der Waals surface area contributed by atoms with Crippen molar-refractivity contribution in [3.8, 4) is 0 Å². The highest BCUT2D eigenvalue weighted by atomic mass is 16.5. The third kappa shape index (κ3) is 4.46. The van der Waals surface area contributed by atoms with Crippen molar-refractivity contribution in [2.24, 2.45) is 0 Å². The van der Waals surface area contributed by atoms with E-state index in [2.05, 4.69) is 0 Å². The maximum absolute atomic E-state index is 9.96. The zero-order valence-corrected chi connectivity index (χ0v) is 11.4. The molecule has 106 valence electrons. The number of aliphatic hydroxyl groups is 2. The van der Waals surface area contributed by atoms with Gasteiger partial charge >= 0.3 is 0 Å². The Morgan fingerprint density at radius 1 is 0.750 bits per heavy atom. The van der Waals surface area contributed by atoms with Gasteiger partial charge in [-0.15, -0.1) is 0 Å². The van der Waals surface area contributed by atoms with Crippen LogP contribution >= 0.6 is 0 Å². The van der Waals surface area contributed by atoms with Crippen molar-refractivity contribution in [1.29, 1.82) is 0 Å². The SMILES string of the molecule is O[C@H](COCC[C@H](O)c1ccccc1)c1ccccc1. The van der Waals surface area contributed by atoms with E-state index in [1.165, 1.54) is 0 Å². The summed E-state index contributed by atoms with van der Waals surface area (Å²) in [6.45, 7) is 0.658. The van der Waals surface area contributed by atoms with Crippen LogP contribution in [0.1, 0.15) is 29.8 Å². The van der Waals surface area contributed by atoms with Crippen molar-refractivity contribution >= 4 is 0 Å². The Balaban J connectivity index is 1.69. The predicted octanol–water partition coefficient (Wildman–Crippen LogP) is 2.86. The molecule has 0 fully saturated rings. The molecule has 20 heavy (non-hydrogen) atoms. The Bertz CT molecular complexity index is 437. The molecule has 0 saturated carbocycles. The Hall–Kier alpha value is -1.68. The largest absolute Gasteiger partial charge is 0.388 e. The van der Waals surface area contributed by atoms with Crippen LogP contribution in [0.5, 0.6) is 0 Å². The first kappa shape index (κ1) is 14.7. The van der Waals surface area contributed by atoms with E-state index >= 15 is 0 Å². The van der Waals surface area contributed by atoms with Crippen LogP contribution < -0.4 is 0 Å². The van der Waals surface area contributed by atoms with Crippen LogP contribution in [0.25, 0.3) is 0 Å². The standard InChI is InChI=1S/C17H20O3/c18-16(14-7-3-1-4-8-14)11-12-20-13-17(19)15-9-5-2-6-10-15/h1-10,16-19H,11-13H2/t16-,17+/m0/s1. The Morgan fingerprint density at radius 2 is 1.25 bits per heavy atom. The molecule has 2 atom stereocenters. The van der Waals surface area contributed by atoms with Gasteiger partial charge in [-0.25, -0.2) is 0 Å². The van der Waals surface area contributed by atoms with Gasteiger partial charge in [-0.05, 0) is 11.1 Å². The lowest BCUT2D eigenvalue weighted by atomic mass is 10.1. The number of rotatable bonds is 7. The summed E-state index contributed by atoms with van der Waals surface area (Å²) < 4.78 is 5.43. The van der Waals surface area contributed by atoms with Crippen LogP contribution in [0.4, 0.5) is 0 Å². The maximum Gasteiger partial charge on any atom is 0.102 e. The highest BCUT2D eigenvalue weighted by molar-refractivity contribution is 5.18. The summed E-state index contributed by atoms with van der Waals surface area (Å²) >= 11 is 0. The second kappa shape index (κ2) is 7.80. The molecular formula is C17H20O3. The van der Waals surface area contributed by atoms with Gasteiger partial charge in [0.25, 0.3) is 0 Å². The summed E-state index contributed by atoms with van der Waals surface area (Å²) in [6, 6.07) is 18.9. The van der Waals surface area contributed by atoms with Crippen molar-refractivity contribution in [1.82, 2.24) is 0 Å². The molecule has 0 aliphatic rings. The van der Waals surface area contributed by atoms with Gasteiger partial charge in [0.1, 0.15) is 6.10 Å². The molecule has 0 unspecified atom stereocenters. The van der Waals surface area contributed by atoms with Crippen LogP contribution in [0.3, 0.4) is 0 Å². The minimum absolute atomic E-state index is 0.242. The molecule has 0 aromatic heterocycles. The molecular weight excluding hydrogens is 252 g/mol. The van der Waals surface area contributed by atoms with Crippen LogP contribution in [-0.4, -0.2) is 23.4 Å². The molecule has 2 N–H and O–H groups in total. The van der Waals surface area contributed by atoms with Gasteiger partial charge in [0, 0.05) is 13.0 Å². The van der Waals surface area contributed by atoms with Gasteiger partial charge in [0.05, 0.1) is 12.7 Å². The summed E-state index contributed by atoms with van der Waals surface area (Å²) in [5.41, 5.74) is 1.73. The number of hydrogen-bond donors (Lipinski definition) is 2. The second-order valence-electron chi connectivity index (χ2n) is 4.72. The van der Waals surface area contributed by atoms with Crippen molar-refractivity contribution in [2.45, 2.75) is 18.6 Å². The normalized spacial score (nSPS) is 13.9. The molecule has 2 rings (SSSR count). The molecule has 0 aliphatic carbocycles. The summed E-state index contributed by atoms with van der Waals surface area (Å²) in [4.78, 5) is 0. The van der Waals surface area contributed by atoms with E-state index in [4.69, 9.17) is 4.74 Å². The second-order valence-corrected chi connectivity index (χ2v) is 4.72. The van der Waals surface area contributed by atoms with Crippen molar-refractivity contribution in [2.75, 3.05) is 13.2 Å². The van der Waals surface area contributed by atoms with Crippen LogP contribution in [0.15, 0.2) is 60.7 Å². The number of aliphatic hydroxyl groups excluding tert-OH is 2. The van der Waals surface area contributed by atoms with E-state index in [9.17, 15) is 10.2 Å². The van der Waals surface area contributed by atoms with Gasteiger partial charge in [-0.2, -0.15) is 0 Å². The molecule has 0 heterocycles. The fourth-order valence-corrected chi connectivity index (χ4v) is 2.00. The van der Waals surface area contributed by atoms with E-state index in [-0.39, 0.29) is 6.61 Å². The minimum Gasteiger partial charge on any atom is -0.388 e. The summed E-state index contributed by atoms with van der Waals surface area (Å²) in [7, 11) is 0. The highest BCUT2D eigenvalue weighted by Crippen LogP contribution is 2.17. The molecule has 0 radical (unpaired) electrons. The molecule has 3 heteroatoms. The van der Waals surface area contributed by atoms with Crippen molar-refractivity contribution < 1.29 is 14.9 Å². The Labute approximate surface area is 119 Å². The smallest absolute Gasteiger partial charge is 0.102 e. The topological polar surface area (TPSA) is 49.7 Å². The van der Waals surface area contributed by atoms with Crippen LogP contribution in [-0.2, 0) is 4.74 Å². The lowest BCUT2D eigenvalue weighted by Crippen LogP contribution is -2.10. The van der Waals surface area contributed by atoms with Crippen molar-refractivity contribution in [3.05, 3.63) is 71.8 Å². The Kier molecular flexibility index (Phi) is 5.74. The van der Waals surface area contributed by atoms with Gasteiger partial charge in [-0.1, -0.05) is 60.7 Å². The summed E-state index contributed by atoms with van der Waals surface area (Å²) in [5.74, 6) is 0. The highest BCUT2D eigenvalue weighted by Gasteiger charge is 2.09. The predicted molar refractivity (Wildman–Crippen MR) is 78.2 cm³/mol. The molecule has 3 nitrogen and oxygen atoms in total. The molecule has 0 amide bonds. The van der Waals surface area contributed by atoms with Crippen molar-refractivity contribution in [3.63, 3.8) is 0 Å². The van der Waals surface area contributed by atoms with Crippen LogP contribution in [0.2, 0.25) is 0 Å². The Morgan fingerprint density at radius 3 is 1.80 bits per heavy atom. The van der Waals surface area contributed by atoms with Crippen LogP contribution in [0, 0.1) is 0 Å². The molecule has 0 aliphatic heterocycles. The van der Waals surface area contributed by atoms with Gasteiger partial charge in [-0.3, -0.25) is 0 Å². The van der Waals surface area contributed by atoms with E-state index in [0.717, 1.165) is 11.1 Å². The zero-order valence-electron chi connectivity index (χ0n) is 11.4. The number of benzene rings is 2. The molecule has 0 bridgehead atoms. The fourth-order valence-electron chi connectivity index (χ4n) is 2.00. The van der Waals surface area contributed by atoms with Gasteiger partial charge < -0.3 is 14.9 Å². The monoisotopic (exact) mass is 272 g/mol. The molecule has 0 spiro atoms. The maximum atomic E-state index is 9.96. The fraction of sp³-hybridized carbons (Fsp3) is 0.294. The molecule has 2 aromatic carbocycles. The van der Waals surface area contributed by atoms with E-state index < -0.39 is 12.2 Å². The quantitative estimate of drug-likeness (QED) is 0.762. The average Bonchev–Trinajstić information content (AvgIpc) is 2.53. The third-order valence-corrected chi connectivity index (χ3v) is 3.18. The third-order valence-electron chi connectivity index (χ3n) is 3.18. The van der Waals surface area contributed by atoms with Gasteiger partial charge in [0.15, 0.2) is 0 Å². The van der Waals surface area contributed by atoms with E-state index in [1.54, 1.807) is 0 Å². The lowest BCUT2D eigenvalue weighted by Gasteiger charge is -2.14. The van der Waals surface area contributed by atoms with Gasteiger partial charge in [0.2, 0.25) is 0 Å². The summed E-state index contributed by atoms with van der Waals surface area (Å²) in [6.07, 6.45) is -0.624. The average molecular weight is 272 g/mol. The van der Waals surface area contributed by atoms with E-state index in [1.807, 2.05) is 60.7 Å².